The molecular weight excluding hydrogens is 466 g/mol. The molecule has 1 aromatic heterocycles. The Labute approximate surface area is 210 Å². The molecule has 3 aromatic rings. The number of anilines is 1. The Balaban J connectivity index is 1.50. The molecule has 2 aromatic carbocycles. The van der Waals surface area contributed by atoms with Gasteiger partial charge in [-0.3, -0.25) is 4.79 Å². The molecule has 2 heterocycles. The molecule has 1 amide bonds. The largest absolute Gasteiger partial charge is 0.384 e. The molecule has 0 unspecified atom stereocenters. The van der Waals surface area contributed by atoms with Crippen molar-refractivity contribution in [3.8, 4) is 11.3 Å². The van der Waals surface area contributed by atoms with Crippen LogP contribution in [-0.4, -0.2) is 40.0 Å². The minimum Gasteiger partial charge on any atom is -0.384 e. The van der Waals surface area contributed by atoms with Crippen LogP contribution in [0.4, 0.5) is 5.13 Å². The standard InChI is InChI=1S/C27H32ClN3O2S/c1-18(2)23(30-25-29-22(16-34-25)19-8-6-5-7-9-19)24(32)31-15-14-27(33,26(3,4)17-31)20-10-12-21(28)13-11-20/h5-13,16,18,23,33H,14-15,17H2,1-4H3,(H,29,30)/t23-,27+/m1/s1. The van der Waals surface area contributed by atoms with Gasteiger partial charge in [-0.2, -0.15) is 0 Å². The fourth-order valence-electron chi connectivity index (χ4n) is 4.70. The van der Waals surface area contributed by atoms with Gasteiger partial charge in [0.2, 0.25) is 5.91 Å². The van der Waals surface area contributed by atoms with E-state index in [0.29, 0.717) is 24.5 Å². The van der Waals surface area contributed by atoms with Gasteiger partial charge < -0.3 is 15.3 Å². The quantitative estimate of drug-likeness (QED) is 0.435. The lowest BCUT2D eigenvalue weighted by Crippen LogP contribution is -2.59. The van der Waals surface area contributed by atoms with Gasteiger partial charge in [-0.25, -0.2) is 4.98 Å². The number of likely N-dealkylation sites (tertiary alicyclic amines) is 1. The van der Waals surface area contributed by atoms with Gasteiger partial charge in [0.25, 0.3) is 0 Å². The molecule has 1 aliphatic heterocycles. The summed E-state index contributed by atoms with van der Waals surface area (Å²) < 4.78 is 0. The zero-order valence-corrected chi connectivity index (χ0v) is 21.7. The van der Waals surface area contributed by atoms with E-state index in [-0.39, 0.29) is 11.8 Å². The van der Waals surface area contributed by atoms with Crippen molar-refractivity contribution in [1.29, 1.82) is 0 Å². The highest BCUT2D eigenvalue weighted by Gasteiger charge is 2.50. The number of hydrogen-bond acceptors (Lipinski definition) is 5. The third-order valence-corrected chi connectivity index (χ3v) is 7.89. The van der Waals surface area contributed by atoms with Crippen molar-refractivity contribution in [3.05, 3.63) is 70.6 Å². The molecule has 1 aliphatic rings. The molecule has 2 N–H and O–H groups in total. The average molecular weight is 498 g/mol. The van der Waals surface area contributed by atoms with Crippen molar-refractivity contribution < 1.29 is 9.90 Å². The third-order valence-electron chi connectivity index (χ3n) is 6.87. The number of thiazole rings is 1. The van der Waals surface area contributed by atoms with E-state index >= 15 is 0 Å². The van der Waals surface area contributed by atoms with E-state index < -0.39 is 17.1 Å². The first kappa shape index (κ1) is 24.7. The molecule has 1 saturated heterocycles. The number of carbonyl (C=O) groups is 1. The minimum atomic E-state index is -1.03. The monoisotopic (exact) mass is 497 g/mol. The van der Waals surface area contributed by atoms with Crippen LogP contribution < -0.4 is 5.32 Å². The lowest BCUT2D eigenvalue weighted by molar-refractivity contribution is -0.154. The minimum absolute atomic E-state index is 0.0395. The molecule has 4 rings (SSSR count). The van der Waals surface area contributed by atoms with Crippen molar-refractivity contribution >= 4 is 34.0 Å². The highest BCUT2D eigenvalue weighted by molar-refractivity contribution is 7.14. The fourth-order valence-corrected chi connectivity index (χ4v) is 5.58. The van der Waals surface area contributed by atoms with E-state index in [4.69, 9.17) is 16.6 Å². The van der Waals surface area contributed by atoms with E-state index in [9.17, 15) is 9.90 Å². The number of halogens is 1. The number of hydrogen-bond donors (Lipinski definition) is 2. The predicted molar refractivity (Wildman–Crippen MR) is 140 cm³/mol. The van der Waals surface area contributed by atoms with Gasteiger partial charge in [-0.15, -0.1) is 11.3 Å². The Morgan fingerprint density at radius 1 is 1.15 bits per heavy atom. The van der Waals surface area contributed by atoms with Crippen LogP contribution in [0.15, 0.2) is 60.0 Å². The first-order chi connectivity index (χ1) is 16.1. The Hall–Kier alpha value is -2.41. The Morgan fingerprint density at radius 3 is 2.44 bits per heavy atom. The molecule has 7 heteroatoms. The van der Waals surface area contributed by atoms with E-state index in [1.165, 1.54) is 11.3 Å². The fraction of sp³-hybridized carbons (Fsp3) is 0.407. The lowest BCUT2D eigenvalue weighted by atomic mass is 9.66. The molecule has 5 nitrogen and oxygen atoms in total. The maximum atomic E-state index is 13.6. The summed E-state index contributed by atoms with van der Waals surface area (Å²) in [4.78, 5) is 20.2. The van der Waals surface area contributed by atoms with Crippen LogP contribution in [-0.2, 0) is 10.4 Å². The van der Waals surface area contributed by atoms with Crippen molar-refractivity contribution in [2.45, 2.75) is 45.8 Å². The molecule has 0 saturated carbocycles. The number of piperidine rings is 1. The summed E-state index contributed by atoms with van der Waals surface area (Å²) in [5.74, 6) is 0.120. The second-order valence-corrected chi connectivity index (χ2v) is 11.3. The Morgan fingerprint density at radius 2 is 1.82 bits per heavy atom. The first-order valence-corrected chi connectivity index (χ1v) is 12.9. The van der Waals surface area contributed by atoms with Crippen molar-refractivity contribution in [2.75, 3.05) is 18.4 Å². The van der Waals surface area contributed by atoms with Gasteiger partial charge in [-0.05, 0) is 30.0 Å². The summed E-state index contributed by atoms with van der Waals surface area (Å²) in [6.45, 7) is 9.07. The summed E-state index contributed by atoms with van der Waals surface area (Å²) in [6.07, 6.45) is 0.466. The Kier molecular flexibility index (Phi) is 7.04. The molecular formula is C27H32ClN3O2S. The predicted octanol–water partition coefficient (Wildman–Crippen LogP) is 6.05. The summed E-state index contributed by atoms with van der Waals surface area (Å²) in [7, 11) is 0. The van der Waals surface area contributed by atoms with E-state index in [1.54, 1.807) is 12.1 Å². The van der Waals surface area contributed by atoms with Crippen molar-refractivity contribution in [1.82, 2.24) is 9.88 Å². The summed E-state index contributed by atoms with van der Waals surface area (Å²) >= 11 is 7.56. The Bertz CT molecular complexity index is 1130. The summed E-state index contributed by atoms with van der Waals surface area (Å²) in [6, 6.07) is 17.0. The van der Waals surface area contributed by atoms with Gasteiger partial charge in [0.15, 0.2) is 5.13 Å². The molecule has 0 bridgehead atoms. The van der Waals surface area contributed by atoms with Crippen molar-refractivity contribution in [2.24, 2.45) is 11.3 Å². The SMILES string of the molecule is CC(C)[C@@H](Nc1nc(-c2ccccc2)cs1)C(=O)N1CC[C@](O)(c2ccc(Cl)cc2)C(C)(C)C1. The van der Waals surface area contributed by atoms with Crippen LogP contribution in [0.5, 0.6) is 0 Å². The van der Waals surface area contributed by atoms with Crippen LogP contribution in [0.3, 0.4) is 0 Å². The maximum absolute atomic E-state index is 13.6. The number of aromatic nitrogens is 1. The topological polar surface area (TPSA) is 65.5 Å². The zero-order valence-electron chi connectivity index (χ0n) is 20.1. The van der Waals surface area contributed by atoms with Crippen LogP contribution in [0, 0.1) is 11.3 Å². The maximum Gasteiger partial charge on any atom is 0.245 e. The molecule has 2 atom stereocenters. The molecule has 0 aliphatic carbocycles. The van der Waals surface area contributed by atoms with E-state index in [0.717, 1.165) is 22.0 Å². The number of nitrogens with zero attached hydrogens (tertiary/aromatic N) is 2. The number of carbonyl (C=O) groups excluding carboxylic acids is 1. The highest BCUT2D eigenvalue weighted by atomic mass is 35.5. The summed E-state index contributed by atoms with van der Waals surface area (Å²) in [5, 5.41) is 18.4. The lowest BCUT2D eigenvalue weighted by Gasteiger charge is -2.51. The number of benzene rings is 2. The number of amides is 1. The average Bonchev–Trinajstić information content (AvgIpc) is 3.28. The first-order valence-electron chi connectivity index (χ1n) is 11.7. The number of nitrogens with one attached hydrogen (secondary N) is 1. The van der Waals surface area contributed by atoms with Gasteiger partial charge in [0.1, 0.15) is 6.04 Å². The third kappa shape index (κ3) is 4.85. The van der Waals surface area contributed by atoms with Gasteiger partial charge in [-0.1, -0.05) is 81.8 Å². The zero-order chi connectivity index (χ0) is 24.5. The van der Waals surface area contributed by atoms with Crippen LogP contribution in [0.25, 0.3) is 11.3 Å². The number of rotatable bonds is 6. The normalized spacial score (nSPS) is 20.9. The smallest absolute Gasteiger partial charge is 0.245 e. The molecule has 34 heavy (non-hydrogen) atoms. The molecule has 180 valence electrons. The molecule has 1 fully saturated rings. The van der Waals surface area contributed by atoms with E-state index in [2.05, 4.69) is 5.32 Å². The second kappa shape index (κ2) is 9.68. The van der Waals surface area contributed by atoms with E-state index in [1.807, 2.05) is 80.4 Å². The summed E-state index contributed by atoms with van der Waals surface area (Å²) in [5.41, 5.74) is 1.23. The second-order valence-electron chi connectivity index (χ2n) is 10.0. The highest BCUT2D eigenvalue weighted by Crippen LogP contribution is 2.46. The van der Waals surface area contributed by atoms with Crippen LogP contribution in [0.2, 0.25) is 5.02 Å². The molecule has 0 spiro atoms. The van der Waals surface area contributed by atoms with Crippen LogP contribution in [0.1, 0.15) is 39.7 Å². The van der Waals surface area contributed by atoms with Crippen LogP contribution >= 0.6 is 22.9 Å². The van der Waals surface area contributed by atoms with Gasteiger partial charge in [0.05, 0.1) is 11.3 Å². The molecule has 0 radical (unpaired) electrons. The van der Waals surface area contributed by atoms with Gasteiger partial charge in [0, 0.05) is 34.5 Å². The van der Waals surface area contributed by atoms with Gasteiger partial charge >= 0.3 is 0 Å². The van der Waals surface area contributed by atoms with Crippen molar-refractivity contribution in [3.63, 3.8) is 0 Å². The number of aliphatic hydroxyl groups is 1.